The number of hydrogen-bond acceptors (Lipinski definition) is 2. The number of allylic oxidation sites excluding steroid dienone is 2. The summed E-state index contributed by atoms with van der Waals surface area (Å²) in [6.45, 7) is 14.0. The first-order valence-electron chi connectivity index (χ1n) is 20.8. The van der Waals surface area contributed by atoms with Crippen molar-refractivity contribution in [3.8, 4) is 22.3 Å². The van der Waals surface area contributed by atoms with Gasteiger partial charge in [0.15, 0.2) is 0 Å². The van der Waals surface area contributed by atoms with Crippen molar-refractivity contribution in [2.24, 2.45) is 11.7 Å². The van der Waals surface area contributed by atoms with Crippen LogP contribution in [-0.4, -0.2) is 0 Å². The van der Waals surface area contributed by atoms with E-state index in [4.69, 9.17) is 11.5 Å². The Labute approximate surface area is 345 Å². The second-order valence-electron chi connectivity index (χ2n) is 15.4. The first kappa shape index (κ1) is 41.4. The highest BCUT2D eigenvalue weighted by molar-refractivity contribution is 6.13. The smallest absolute Gasteiger partial charge is 0.0429 e. The minimum atomic E-state index is 0.529. The van der Waals surface area contributed by atoms with E-state index in [1.54, 1.807) is 0 Å². The van der Waals surface area contributed by atoms with Crippen molar-refractivity contribution in [3.63, 3.8) is 0 Å². The highest BCUT2D eigenvalue weighted by Crippen LogP contribution is 2.33. The van der Waals surface area contributed by atoms with Gasteiger partial charge in [0.05, 0.1) is 0 Å². The molecule has 0 radical (unpaired) electrons. The average Bonchev–Trinajstić information content (AvgIpc) is 3.26. The molecule has 0 aliphatic carbocycles. The summed E-state index contributed by atoms with van der Waals surface area (Å²) in [7, 11) is 0. The lowest BCUT2D eigenvalue weighted by atomic mass is 9.90. The maximum atomic E-state index is 6.27. The van der Waals surface area contributed by atoms with Gasteiger partial charge in [-0.2, -0.15) is 0 Å². The number of hydrogen-bond donors (Lipinski definition) is 2. The zero-order chi connectivity index (χ0) is 40.9. The molecule has 0 bridgehead atoms. The van der Waals surface area contributed by atoms with E-state index in [1.807, 2.05) is 18.2 Å². The van der Waals surface area contributed by atoms with Crippen molar-refractivity contribution in [1.29, 1.82) is 0 Å². The van der Waals surface area contributed by atoms with E-state index in [1.165, 1.54) is 78.4 Å². The van der Waals surface area contributed by atoms with Crippen LogP contribution < -0.4 is 21.9 Å². The van der Waals surface area contributed by atoms with E-state index < -0.39 is 0 Å². The van der Waals surface area contributed by atoms with Gasteiger partial charge in [0.2, 0.25) is 0 Å². The number of nitrogens with two attached hydrogens (primary N) is 2. The van der Waals surface area contributed by atoms with Crippen LogP contribution >= 0.6 is 0 Å². The predicted molar refractivity (Wildman–Crippen MR) is 256 cm³/mol. The summed E-state index contributed by atoms with van der Waals surface area (Å²) >= 11 is 0. The molecule has 0 unspecified atom stereocenters. The van der Waals surface area contributed by atoms with Crippen LogP contribution in [0.15, 0.2) is 170 Å². The molecule has 0 saturated carbocycles. The predicted octanol–water partition coefficient (Wildman–Crippen LogP) is 13.4. The van der Waals surface area contributed by atoms with Crippen molar-refractivity contribution in [3.05, 3.63) is 197 Å². The number of nitrogen functional groups attached to an aromatic ring is 1. The molecule has 0 aromatic heterocycles. The Morgan fingerprint density at radius 2 is 1.28 bits per heavy atom. The van der Waals surface area contributed by atoms with Gasteiger partial charge in [-0.1, -0.05) is 211 Å². The molecule has 0 heterocycles. The molecule has 0 atom stereocenters. The number of benzene rings is 8. The molecule has 2 heteroatoms. The standard InChI is InChI=1S/C33H29N.C17H15N.C6H14/c1-3-4-6-15-29-23(2)28-19-18-26(25-12-7-5-8-13-25)21-32(28)31-17-10-16-30(33(29)31)27-14-9-11-24(20-27)22-34;18-17-15(12-13-6-2-1-3-7-13)11-10-14-8-4-5-9-16(14)17;1-4-5-6(2)3/h4-21H,2-3,22,34H2,1H3;1-11H,12,18H2;6H,4-5H2,1-3H3/b6-4-,29-15+;;. The van der Waals surface area contributed by atoms with Crippen LogP contribution in [0.5, 0.6) is 0 Å². The monoisotopic (exact) mass is 758 g/mol. The van der Waals surface area contributed by atoms with E-state index in [-0.39, 0.29) is 0 Å². The van der Waals surface area contributed by atoms with Crippen molar-refractivity contribution in [2.75, 3.05) is 5.73 Å². The molecule has 0 aliphatic heterocycles. The van der Waals surface area contributed by atoms with Crippen LogP contribution in [0.25, 0.3) is 67.2 Å². The van der Waals surface area contributed by atoms with Crippen molar-refractivity contribution in [2.45, 2.75) is 59.9 Å². The lowest BCUT2D eigenvalue weighted by Gasteiger charge is -2.14. The molecule has 0 fully saturated rings. The van der Waals surface area contributed by atoms with Gasteiger partial charge in [-0.25, -0.2) is 0 Å². The number of rotatable bonds is 9. The molecule has 0 aliphatic rings. The quantitative estimate of drug-likeness (QED) is 0.114. The molecule has 8 aromatic carbocycles. The Morgan fingerprint density at radius 1 is 0.603 bits per heavy atom. The highest BCUT2D eigenvalue weighted by atomic mass is 14.6. The van der Waals surface area contributed by atoms with Gasteiger partial charge in [-0.15, -0.1) is 0 Å². The van der Waals surface area contributed by atoms with Crippen molar-refractivity contribution >= 4 is 50.7 Å². The average molecular weight is 759 g/mol. The van der Waals surface area contributed by atoms with E-state index >= 15 is 0 Å². The van der Waals surface area contributed by atoms with E-state index in [2.05, 4.69) is 192 Å². The van der Waals surface area contributed by atoms with Crippen LogP contribution in [-0.2, 0) is 13.0 Å². The molecule has 0 saturated heterocycles. The maximum Gasteiger partial charge on any atom is 0.0429 e. The van der Waals surface area contributed by atoms with Gasteiger partial charge in [0.25, 0.3) is 0 Å². The Kier molecular flexibility index (Phi) is 14.5. The first-order chi connectivity index (χ1) is 28.3. The third-order valence-corrected chi connectivity index (χ3v) is 10.7. The van der Waals surface area contributed by atoms with Gasteiger partial charge < -0.3 is 11.5 Å². The summed E-state index contributed by atoms with van der Waals surface area (Å²) in [5.41, 5.74) is 21.6. The Hall–Kier alpha value is -6.22. The molecule has 8 aromatic rings. The molecule has 8 rings (SSSR count). The largest absolute Gasteiger partial charge is 0.398 e. The minimum absolute atomic E-state index is 0.529. The molecule has 0 spiro atoms. The first-order valence-corrected chi connectivity index (χ1v) is 20.8. The third kappa shape index (κ3) is 10.0. The maximum absolute atomic E-state index is 6.27. The third-order valence-electron chi connectivity index (χ3n) is 10.7. The summed E-state index contributed by atoms with van der Waals surface area (Å²) in [6.07, 6.45) is 11.1. The van der Waals surface area contributed by atoms with Crippen LogP contribution in [0.1, 0.15) is 63.6 Å². The zero-order valence-electron chi connectivity index (χ0n) is 34.7. The zero-order valence-corrected chi connectivity index (χ0v) is 34.7. The van der Waals surface area contributed by atoms with Crippen LogP contribution in [0.2, 0.25) is 0 Å². The lowest BCUT2D eigenvalue weighted by Crippen LogP contribution is -2.25. The number of fused-ring (bicyclic) bond motifs is 4. The molecule has 2 nitrogen and oxygen atoms in total. The second kappa shape index (κ2) is 20.3. The fraction of sp³-hybridized carbons (Fsp3) is 0.179. The summed E-state index contributed by atoms with van der Waals surface area (Å²) in [6, 6.07) is 55.4. The summed E-state index contributed by atoms with van der Waals surface area (Å²) < 4.78 is 0. The van der Waals surface area contributed by atoms with Crippen molar-refractivity contribution < 1.29 is 0 Å². The van der Waals surface area contributed by atoms with Crippen LogP contribution in [0.3, 0.4) is 0 Å². The topological polar surface area (TPSA) is 52.0 Å². The van der Waals surface area contributed by atoms with Crippen molar-refractivity contribution in [1.82, 2.24) is 0 Å². The molecular formula is C56H58N2. The SMILES string of the molecule is C=c1/c(=C\C=C/CC)c2c(-c3cccc(CN)c3)cccc2c2cc(-c3ccccc3)ccc12.CCCC(C)C.Nc1c(Cc2ccccc2)ccc2ccccc12. The molecular weight excluding hydrogens is 701 g/mol. The molecule has 292 valence electrons. The summed E-state index contributed by atoms with van der Waals surface area (Å²) in [4.78, 5) is 0. The normalized spacial score (nSPS) is 11.5. The number of anilines is 1. The molecule has 0 amide bonds. The van der Waals surface area contributed by atoms with E-state index in [0.717, 1.165) is 40.6 Å². The lowest BCUT2D eigenvalue weighted by molar-refractivity contribution is 0.576. The second-order valence-corrected chi connectivity index (χ2v) is 15.4. The summed E-state index contributed by atoms with van der Waals surface area (Å²) in [5.74, 6) is 0.898. The Balaban J connectivity index is 0.000000196. The van der Waals surface area contributed by atoms with Gasteiger partial charge in [-0.3, -0.25) is 0 Å². The fourth-order valence-electron chi connectivity index (χ4n) is 7.68. The van der Waals surface area contributed by atoms with Gasteiger partial charge in [0.1, 0.15) is 0 Å². The van der Waals surface area contributed by atoms with Gasteiger partial charge >= 0.3 is 0 Å². The van der Waals surface area contributed by atoms with Crippen LogP contribution in [0, 0.1) is 5.92 Å². The van der Waals surface area contributed by atoms with Gasteiger partial charge in [-0.05, 0) is 107 Å². The van der Waals surface area contributed by atoms with E-state index in [9.17, 15) is 0 Å². The van der Waals surface area contributed by atoms with Crippen LogP contribution in [0.4, 0.5) is 5.69 Å². The highest BCUT2D eigenvalue weighted by Gasteiger charge is 2.12. The Morgan fingerprint density at radius 3 is 1.98 bits per heavy atom. The Bertz CT molecular complexity index is 2730. The van der Waals surface area contributed by atoms with Gasteiger partial charge in [0, 0.05) is 17.6 Å². The molecule has 4 N–H and O–H groups in total. The fourth-order valence-corrected chi connectivity index (χ4v) is 7.68. The summed E-state index contributed by atoms with van der Waals surface area (Å²) in [5, 5.41) is 9.48. The minimum Gasteiger partial charge on any atom is -0.398 e. The molecule has 58 heavy (non-hydrogen) atoms. The van der Waals surface area contributed by atoms with E-state index in [0.29, 0.717) is 6.54 Å².